The lowest BCUT2D eigenvalue weighted by Crippen LogP contribution is -2.11. The van der Waals surface area contributed by atoms with Crippen LogP contribution in [-0.4, -0.2) is 27.2 Å². The van der Waals surface area contributed by atoms with Crippen LogP contribution in [0.25, 0.3) is 11.1 Å². The SMILES string of the molecule is Clc1nc(C2CSCCS2)nc(Cl)c1-c1ccccc1Br. The van der Waals surface area contributed by atoms with Gasteiger partial charge in [0.05, 0.1) is 10.8 Å². The smallest absolute Gasteiger partial charge is 0.145 e. The molecule has 0 amide bonds. The molecule has 2 nitrogen and oxygen atoms in total. The lowest BCUT2D eigenvalue weighted by atomic mass is 10.1. The van der Waals surface area contributed by atoms with Crippen molar-refractivity contribution in [3.8, 4) is 11.1 Å². The van der Waals surface area contributed by atoms with E-state index in [9.17, 15) is 0 Å². The lowest BCUT2D eigenvalue weighted by molar-refractivity contribution is 0.925. The van der Waals surface area contributed by atoms with Gasteiger partial charge in [0.2, 0.25) is 0 Å². The van der Waals surface area contributed by atoms with Crippen LogP contribution >= 0.6 is 62.7 Å². The zero-order chi connectivity index (χ0) is 14.8. The maximum atomic E-state index is 6.39. The third-order valence-corrected chi connectivity index (χ3v) is 7.07. The second kappa shape index (κ2) is 7.09. The first-order chi connectivity index (χ1) is 10.2. The summed E-state index contributed by atoms with van der Waals surface area (Å²) in [7, 11) is 0. The van der Waals surface area contributed by atoms with E-state index in [1.54, 1.807) is 0 Å². The fraction of sp³-hybridized carbons (Fsp3) is 0.286. The molecule has 1 aliphatic rings. The van der Waals surface area contributed by atoms with E-state index in [0.29, 0.717) is 15.9 Å². The molecule has 0 radical (unpaired) electrons. The summed E-state index contributed by atoms with van der Waals surface area (Å²) in [4.78, 5) is 8.98. The predicted molar refractivity (Wildman–Crippen MR) is 97.7 cm³/mol. The maximum absolute atomic E-state index is 6.39. The Balaban J connectivity index is 2.02. The Morgan fingerprint density at radius 3 is 2.43 bits per heavy atom. The van der Waals surface area contributed by atoms with Crippen LogP contribution in [0.4, 0.5) is 0 Å². The van der Waals surface area contributed by atoms with Crippen molar-refractivity contribution in [2.45, 2.75) is 5.25 Å². The van der Waals surface area contributed by atoms with Gasteiger partial charge < -0.3 is 0 Å². The number of hydrogen-bond acceptors (Lipinski definition) is 4. The summed E-state index contributed by atoms with van der Waals surface area (Å²) in [5.41, 5.74) is 1.59. The number of halogens is 3. The van der Waals surface area contributed by atoms with Crippen molar-refractivity contribution in [3.63, 3.8) is 0 Å². The molecule has 1 aromatic carbocycles. The number of nitrogens with zero attached hydrogens (tertiary/aromatic N) is 2. The molecule has 7 heteroatoms. The lowest BCUT2D eigenvalue weighted by Gasteiger charge is -2.20. The topological polar surface area (TPSA) is 25.8 Å². The molecule has 0 aliphatic carbocycles. The average molecular weight is 422 g/mol. The van der Waals surface area contributed by atoms with Crippen LogP contribution in [0, 0.1) is 0 Å². The van der Waals surface area contributed by atoms with E-state index in [1.165, 1.54) is 5.75 Å². The van der Waals surface area contributed by atoms with E-state index in [0.717, 1.165) is 27.4 Å². The number of thioether (sulfide) groups is 2. The highest BCUT2D eigenvalue weighted by Crippen LogP contribution is 2.40. The van der Waals surface area contributed by atoms with Crippen molar-refractivity contribution in [3.05, 3.63) is 44.9 Å². The number of aromatic nitrogens is 2. The standard InChI is InChI=1S/C14H11BrCl2N2S2/c15-9-4-2-1-3-8(9)11-12(16)18-14(19-13(11)17)10-7-20-5-6-21-10/h1-4,10H,5-7H2. The molecular weight excluding hydrogens is 411 g/mol. The molecule has 0 bridgehead atoms. The first-order valence-corrected chi connectivity index (χ1v) is 10.1. The largest absolute Gasteiger partial charge is 0.219 e. The van der Waals surface area contributed by atoms with Crippen LogP contribution in [0.2, 0.25) is 10.3 Å². The van der Waals surface area contributed by atoms with Crippen molar-refractivity contribution in [2.75, 3.05) is 17.3 Å². The number of rotatable bonds is 2. The Morgan fingerprint density at radius 1 is 1.10 bits per heavy atom. The van der Waals surface area contributed by atoms with E-state index in [1.807, 2.05) is 47.8 Å². The van der Waals surface area contributed by atoms with Crippen LogP contribution in [0.5, 0.6) is 0 Å². The highest BCUT2D eigenvalue weighted by atomic mass is 79.9. The molecule has 0 spiro atoms. The summed E-state index contributed by atoms with van der Waals surface area (Å²) in [5, 5.41) is 1.09. The Kier molecular flexibility index (Phi) is 5.38. The van der Waals surface area contributed by atoms with E-state index < -0.39 is 0 Å². The third-order valence-electron chi connectivity index (χ3n) is 3.09. The van der Waals surface area contributed by atoms with Crippen LogP contribution in [0.3, 0.4) is 0 Å². The van der Waals surface area contributed by atoms with Gasteiger partial charge in [0.25, 0.3) is 0 Å². The van der Waals surface area contributed by atoms with Crippen molar-refractivity contribution < 1.29 is 0 Å². The van der Waals surface area contributed by atoms with Crippen molar-refractivity contribution in [1.82, 2.24) is 9.97 Å². The quantitative estimate of drug-likeness (QED) is 0.577. The first-order valence-electron chi connectivity index (χ1n) is 6.34. The monoisotopic (exact) mass is 420 g/mol. The molecule has 1 aromatic heterocycles. The second-order valence-electron chi connectivity index (χ2n) is 4.45. The van der Waals surface area contributed by atoms with E-state index in [2.05, 4.69) is 25.9 Å². The average Bonchev–Trinajstić information content (AvgIpc) is 2.49. The maximum Gasteiger partial charge on any atom is 0.145 e. The molecule has 110 valence electrons. The van der Waals surface area contributed by atoms with Gasteiger partial charge >= 0.3 is 0 Å². The summed E-state index contributed by atoms with van der Waals surface area (Å²) < 4.78 is 0.924. The Morgan fingerprint density at radius 2 is 1.81 bits per heavy atom. The van der Waals surface area contributed by atoms with Crippen molar-refractivity contribution >= 4 is 62.7 Å². The highest BCUT2D eigenvalue weighted by Gasteiger charge is 2.23. The minimum atomic E-state index is 0.270. The molecule has 21 heavy (non-hydrogen) atoms. The van der Waals surface area contributed by atoms with Crippen LogP contribution in [0.15, 0.2) is 28.7 Å². The Labute approximate surface area is 150 Å². The van der Waals surface area contributed by atoms with Gasteiger partial charge in [-0.05, 0) is 6.07 Å². The van der Waals surface area contributed by atoms with Gasteiger partial charge in [-0.1, -0.05) is 57.3 Å². The van der Waals surface area contributed by atoms with Crippen molar-refractivity contribution in [1.29, 1.82) is 0 Å². The van der Waals surface area contributed by atoms with Gasteiger partial charge in [0, 0.05) is 27.3 Å². The molecule has 2 aromatic rings. The molecule has 1 aliphatic heterocycles. The predicted octanol–water partition coefficient (Wildman–Crippen LogP) is 5.73. The second-order valence-corrected chi connectivity index (χ2v) is 8.48. The molecular formula is C14H11BrCl2N2S2. The van der Waals surface area contributed by atoms with Crippen molar-refractivity contribution in [2.24, 2.45) is 0 Å². The number of hydrogen-bond donors (Lipinski definition) is 0. The van der Waals surface area contributed by atoms with E-state index in [4.69, 9.17) is 23.2 Å². The molecule has 1 unspecified atom stereocenters. The fourth-order valence-electron chi connectivity index (χ4n) is 2.09. The summed E-state index contributed by atoms with van der Waals surface area (Å²) in [6.07, 6.45) is 0. The normalized spacial score (nSPS) is 18.7. The number of benzene rings is 1. The highest BCUT2D eigenvalue weighted by molar-refractivity contribution is 9.10. The van der Waals surface area contributed by atoms with Gasteiger partial charge in [-0.25, -0.2) is 9.97 Å². The van der Waals surface area contributed by atoms with Crippen LogP contribution in [0.1, 0.15) is 11.1 Å². The van der Waals surface area contributed by atoms with E-state index in [-0.39, 0.29) is 5.25 Å². The molecule has 1 saturated heterocycles. The molecule has 2 heterocycles. The third kappa shape index (κ3) is 3.53. The zero-order valence-electron chi connectivity index (χ0n) is 10.9. The molecule has 1 fully saturated rings. The molecule has 1 atom stereocenters. The Bertz CT molecular complexity index is 640. The molecule has 0 N–H and O–H groups in total. The van der Waals surface area contributed by atoms with Gasteiger partial charge in [0.1, 0.15) is 16.1 Å². The minimum absolute atomic E-state index is 0.270. The van der Waals surface area contributed by atoms with Gasteiger partial charge in [-0.2, -0.15) is 11.8 Å². The molecule has 3 rings (SSSR count). The van der Waals surface area contributed by atoms with Gasteiger partial charge in [-0.15, -0.1) is 11.8 Å². The van der Waals surface area contributed by atoms with Gasteiger partial charge in [0.15, 0.2) is 0 Å². The van der Waals surface area contributed by atoms with E-state index >= 15 is 0 Å². The summed E-state index contributed by atoms with van der Waals surface area (Å²) in [5.74, 6) is 4.03. The summed E-state index contributed by atoms with van der Waals surface area (Å²) in [6.45, 7) is 0. The summed E-state index contributed by atoms with van der Waals surface area (Å²) >= 11 is 20.1. The van der Waals surface area contributed by atoms with Crippen LogP contribution < -0.4 is 0 Å². The zero-order valence-corrected chi connectivity index (χ0v) is 15.6. The van der Waals surface area contributed by atoms with Gasteiger partial charge in [-0.3, -0.25) is 0 Å². The van der Waals surface area contributed by atoms with Crippen LogP contribution in [-0.2, 0) is 0 Å². The molecule has 0 saturated carbocycles. The minimum Gasteiger partial charge on any atom is -0.219 e. The first kappa shape index (κ1) is 15.9. The summed E-state index contributed by atoms with van der Waals surface area (Å²) in [6, 6.07) is 7.78. The Hall–Kier alpha value is 0.0600. The fourth-order valence-corrected chi connectivity index (χ4v) is 5.78.